The summed E-state index contributed by atoms with van der Waals surface area (Å²) in [6, 6.07) is 23.7. The van der Waals surface area contributed by atoms with Crippen molar-refractivity contribution in [3.8, 4) is 5.75 Å². The summed E-state index contributed by atoms with van der Waals surface area (Å²) in [4.78, 5) is 16.9. The van der Waals surface area contributed by atoms with Gasteiger partial charge < -0.3 is 4.74 Å². The zero-order valence-electron chi connectivity index (χ0n) is 13.8. The van der Waals surface area contributed by atoms with Crippen LogP contribution < -0.4 is 9.64 Å². The van der Waals surface area contributed by atoms with Gasteiger partial charge in [-0.3, -0.25) is 9.69 Å². The molecule has 3 aromatic carbocycles. The van der Waals surface area contributed by atoms with Crippen molar-refractivity contribution in [2.75, 3.05) is 11.5 Å². The lowest BCUT2D eigenvalue weighted by molar-refractivity contribution is -0.119. The van der Waals surface area contributed by atoms with Crippen molar-refractivity contribution >= 4 is 29.0 Å². The summed E-state index contributed by atoms with van der Waals surface area (Å²) >= 11 is 1.69. The third-order valence-electron chi connectivity index (χ3n) is 4.13. The van der Waals surface area contributed by atoms with Crippen LogP contribution in [0.2, 0.25) is 0 Å². The van der Waals surface area contributed by atoms with Gasteiger partial charge in [0.05, 0.1) is 11.4 Å². The maximum atomic E-state index is 13.0. The number of amides is 1. The van der Waals surface area contributed by atoms with Gasteiger partial charge in [0.1, 0.15) is 5.75 Å². The first kappa shape index (κ1) is 15.8. The van der Waals surface area contributed by atoms with Crippen molar-refractivity contribution in [1.29, 1.82) is 0 Å². The molecule has 3 nitrogen and oxygen atoms in total. The second kappa shape index (κ2) is 6.65. The van der Waals surface area contributed by atoms with Crippen LogP contribution in [0.25, 0.3) is 0 Å². The molecule has 0 radical (unpaired) electrons. The number of hydrogen-bond acceptors (Lipinski definition) is 3. The van der Waals surface area contributed by atoms with Gasteiger partial charge in [-0.05, 0) is 42.8 Å². The number of carbonyl (C=O) groups excluding carboxylic acids is 1. The second-order valence-corrected chi connectivity index (χ2v) is 6.90. The fraction of sp³-hybridized carbons (Fsp3) is 0.0952. The quantitative estimate of drug-likeness (QED) is 0.652. The first-order valence-electron chi connectivity index (χ1n) is 8.11. The van der Waals surface area contributed by atoms with E-state index in [0.717, 1.165) is 32.5 Å². The molecule has 0 N–H and O–H groups in total. The van der Waals surface area contributed by atoms with Crippen molar-refractivity contribution in [1.82, 2.24) is 0 Å². The predicted molar refractivity (Wildman–Crippen MR) is 101 cm³/mol. The van der Waals surface area contributed by atoms with E-state index >= 15 is 0 Å². The number of aryl methyl sites for hydroxylation is 1. The fourth-order valence-electron chi connectivity index (χ4n) is 2.90. The Morgan fingerprint density at radius 3 is 2.08 bits per heavy atom. The van der Waals surface area contributed by atoms with Crippen molar-refractivity contribution in [2.45, 2.75) is 16.7 Å². The highest BCUT2D eigenvalue weighted by Crippen LogP contribution is 2.47. The van der Waals surface area contributed by atoms with Gasteiger partial charge in [-0.15, -0.1) is 0 Å². The molecule has 1 aliphatic rings. The molecule has 0 aliphatic carbocycles. The first-order chi connectivity index (χ1) is 12.2. The second-order valence-electron chi connectivity index (χ2n) is 5.82. The van der Waals surface area contributed by atoms with Crippen LogP contribution in [-0.4, -0.2) is 12.5 Å². The molecular weight excluding hydrogens is 330 g/mol. The minimum atomic E-state index is -0.0801. The predicted octanol–water partition coefficient (Wildman–Crippen LogP) is 5.20. The number of hydrogen-bond donors (Lipinski definition) is 0. The summed E-state index contributed by atoms with van der Waals surface area (Å²) in [5.74, 6) is 0.659. The monoisotopic (exact) mass is 347 g/mol. The molecule has 3 aromatic rings. The molecule has 25 heavy (non-hydrogen) atoms. The number of benzene rings is 3. The lowest BCUT2D eigenvalue weighted by Gasteiger charge is -2.31. The van der Waals surface area contributed by atoms with Crippen LogP contribution >= 0.6 is 11.8 Å². The number of anilines is 2. The average molecular weight is 347 g/mol. The Kier molecular flexibility index (Phi) is 4.20. The molecule has 1 amide bonds. The third kappa shape index (κ3) is 3.01. The van der Waals surface area contributed by atoms with Gasteiger partial charge in [0.15, 0.2) is 6.61 Å². The number of rotatable bonds is 3. The van der Waals surface area contributed by atoms with E-state index in [9.17, 15) is 4.79 Å². The highest BCUT2D eigenvalue weighted by molar-refractivity contribution is 7.99. The van der Waals surface area contributed by atoms with Crippen LogP contribution in [0.4, 0.5) is 11.4 Å². The van der Waals surface area contributed by atoms with Crippen molar-refractivity contribution in [3.63, 3.8) is 0 Å². The zero-order chi connectivity index (χ0) is 17.2. The molecule has 4 rings (SSSR count). The molecule has 0 saturated heterocycles. The Bertz CT molecular complexity index is 893. The number of para-hydroxylation sites is 3. The molecule has 0 unspecified atom stereocenters. The maximum Gasteiger partial charge on any atom is 0.269 e. The minimum absolute atomic E-state index is 0.00180. The van der Waals surface area contributed by atoms with Gasteiger partial charge in [-0.1, -0.05) is 54.2 Å². The number of nitrogens with zero attached hydrogens (tertiary/aromatic N) is 1. The van der Waals surface area contributed by atoms with Crippen LogP contribution in [0.1, 0.15) is 5.56 Å². The summed E-state index contributed by atoms with van der Waals surface area (Å²) < 4.78 is 5.78. The van der Waals surface area contributed by atoms with E-state index in [-0.39, 0.29) is 12.5 Å². The Hall–Kier alpha value is -2.72. The standard InChI is InChI=1S/C21H17NO2S/c1-15-8-2-5-11-18(15)24-14-21(23)22-16-9-3-6-12-19(16)25-20-13-7-4-10-17(20)22/h2-13H,14H2,1H3. The number of ether oxygens (including phenoxy) is 1. The lowest BCUT2D eigenvalue weighted by Crippen LogP contribution is -2.32. The zero-order valence-corrected chi connectivity index (χ0v) is 14.6. The molecule has 0 atom stereocenters. The van der Waals surface area contributed by atoms with E-state index in [1.807, 2.05) is 79.7 Å². The molecular formula is C21H17NO2S. The number of fused-ring (bicyclic) bond motifs is 2. The topological polar surface area (TPSA) is 29.5 Å². The molecule has 0 saturated carbocycles. The normalized spacial score (nSPS) is 12.3. The van der Waals surface area contributed by atoms with Crippen LogP contribution in [0.15, 0.2) is 82.6 Å². The maximum absolute atomic E-state index is 13.0. The molecule has 1 heterocycles. The van der Waals surface area contributed by atoms with E-state index in [1.54, 1.807) is 16.7 Å². The smallest absolute Gasteiger partial charge is 0.269 e. The molecule has 1 aliphatic heterocycles. The largest absolute Gasteiger partial charge is 0.483 e. The molecule has 0 spiro atoms. The summed E-state index contributed by atoms with van der Waals surface area (Å²) in [6.07, 6.45) is 0. The van der Waals surface area contributed by atoms with E-state index in [4.69, 9.17) is 4.74 Å². The van der Waals surface area contributed by atoms with Gasteiger partial charge in [-0.25, -0.2) is 0 Å². The Morgan fingerprint density at radius 1 is 0.880 bits per heavy atom. The molecule has 124 valence electrons. The summed E-state index contributed by atoms with van der Waals surface area (Å²) in [5, 5.41) is 0. The van der Waals surface area contributed by atoms with E-state index in [0.29, 0.717) is 0 Å². The Balaban J connectivity index is 1.65. The van der Waals surface area contributed by atoms with Crippen LogP contribution in [0.5, 0.6) is 5.75 Å². The van der Waals surface area contributed by atoms with E-state index < -0.39 is 0 Å². The number of carbonyl (C=O) groups is 1. The van der Waals surface area contributed by atoms with E-state index in [2.05, 4.69) is 0 Å². The summed E-state index contributed by atoms with van der Waals surface area (Å²) in [7, 11) is 0. The molecule has 0 bridgehead atoms. The van der Waals surface area contributed by atoms with Gasteiger partial charge in [0.25, 0.3) is 5.91 Å². The molecule has 0 fully saturated rings. The van der Waals surface area contributed by atoms with Crippen LogP contribution in [0.3, 0.4) is 0 Å². The highest BCUT2D eigenvalue weighted by Gasteiger charge is 2.28. The first-order valence-corrected chi connectivity index (χ1v) is 8.93. The minimum Gasteiger partial charge on any atom is -0.483 e. The SMILES string of the molecule is Cc1ccccc1OCC(=O)N1c2ccccc2Sc2ccccc21. The molecule has 0 aromatic heterocycles. The lowest BCUT2D eigenvalue weighted by atomic mass is 10.2. The van der Waals surface area contributed by atoms with Gasteiger partial charge in [0.2, 0.25) is 0 Å². The average Bonchev–Trinajstić information content (AvgIpc) is 2.65. The summed E-state index contributed by atoms with van der Waals surface area (Å²) in [5.41, 5.74) is 2.83. The fourth-order valence-corrected chi connectivity index (χ4v) is 3.95. The Labute approximate surface area is 151 Å². The van der Waals surface area contributed by atoms with Gasteiger partial charge in [0, 0.05) is 9.79 Å². The van der Waals surface area contributed by atoms with Crippen molar-refractivity contribution < 1.29 is 9.53 Å². The van der Waals surface area contributed by atoms with E-state index in [1.165, 1.54) is 0 Å². The highest BCUT2D eigenvalue weighted by atomic mass is 32.2. The Morgan fingerprint density at radius 2 is 1.44 bits per heavy atom. The van der Waals surface area contributed by atoms with Crippen molar-refractivity contribution in [3.05, 3.63) is 78.4 Å². The third-order valence-corrected chi connectivity index (χ3v) is 5.26. The van der Waals surface area contributed by atoms with Crippen LogP contribution in [0, 0.1) is 6.92 Å². The van der Waals surface area contributed by atoms with Crippen molar-refractivity contribution in [2.24, 2.45) is 0 Å². The van der Waals surface area contributed by atoms with Gasteiger partial charge in [-0.2, -0.15) is 0 Å². The van der Waals surface area contributed by atoms with Gasteiger partial charge >= 0.3 is 0 Å². The molecule has 4 heteroatoms. The van der Waals surface area contributed by atoms with Crippen LogP contribution in [-0.2, 0) is 4.79 Å². The summed E-state index contributed by atoms with van der Waals surface area (Å²) in [6.45, 7) is 1.97.